The summed E-state index contributed by atoms with van der Waals surface area (Å²) < 4.78 is 25.7. The molecule has 2 aromatic rings. The minimum atomic E-state index is -1.37. The van der Waals surface area contributed by atoms with Crippen molar-refractivity contribution >= 4 is 67.5 Å². The van der Waals surface area contributed by atoms with Gasteiger partial charge in [0.05, 0.1) is 4.47 Å². The molecule has 0 saturated carbocycles. The van der Waals surface area contributed by atoms with Crippen LogP contribution in [0.5, 0.6) is 0 Å². The van der Waals surface area contributed by atoms with Gasteiger partial charge in [0.25, 0.3) is 0 Å². The Morgan fingerprint density at radius 3 is 1.72 bits per heavy atom. The van der Waals surface area contributed by atoms with Gasteiger partial charge in [0, 0.05) is 39.6 Å². The Morgan fingerprint density at radius 2 is 1.36 bits per heavy atom. The van der Waals surface area contributed by atoms with Crippen molar-refractivity contribution in [1.29, 1.82) is 0 Å². The lowest BCUT2D eigenvalue weighted by Crippen LogP contribution is -2.05. The summed E-state index contributed by atoms with van der Waals surface area (Å²) >= 11 is 8.35. The molecule has 0 fully saturated rings. The fourth-order valence-electron chi connectivity index (χ4n) is 1.55. The summed E-state index contributed by atoms with van der Waals surface area (Å²) in [7, 11) is 0. The number of carbonyl (C=O) groups is 2. The first-order valence-corrected chi connectivity index (χ1v) is 10.6. The fourth-order valence-corrected chi connectivity index (χ4v) is 1.88. The van der Waals surface area contributed by atoms with E-state index < -0.39 is 34.7 Å². The van der Waals surface area contributed by atoms with Crippen LogP contribution in [0.1, 0.15) is 20.7 Å². The standard InChI is InChI=1S/C7H5BrFNO2.C7H6FNO2.Br2/c8-3-1-2-4(10)5(6(3)9)7(11)12;8-4-2-1-3-5(9)6(4)7(10)11;1-2/h1-2H,10H2,(H,11,12);1-3H,9H2,(H,10,11);. The van der Waals surface area contributed by atoms with Crippen LogP contribution < -0.4 is 11.5 Å². The lowest BCUT2D eigenvalue weighted by Gasteiger charge is -2.02. The summed E-state index contributed by atoms with van der Waals surface area (Å²) in [5.41, 5.74) is 9.35. The Kier molecular flexibility index (Phi) is 10.2. The number of aromatic carboxylic acids is 2. The molecule has 0 aliphatic rings. The summed E-state index contributed by atoms with van der Waals surface area (Å²) in [5.74, 6) is -4.37. The molecule has 11 heteroatoms. The molecular formula is C14H11Br3F2N2O4. The monoisotopic (exact) mass is 546 g/mol. The highest BCUT2D eigenvalue weighted by Gasteiger charge is 2.16. The highest BCUT2D eigenvalue weighted by atomic mass is 80.9. The van der Waals surface area contributed by atoms with Gasteiger partial charge in [-0.25, -0.2) is 18.4 Å². The lowest BCUT2D eigenvalue weighted by atomic mass is 10.2. The summed E-state index contributed by atoms with van der Waals surface area (Å²) in [6, 6.07) is 6.44. The second-order valence-corrected chi connectivity index (χ2v) is 4.99. The van der Waals surface area contributed by atoms with Gasteiger partial charge >= 0.3 is 11.9 Å². The van der Waals surface area contributed by atoms with Gasteiger partial charge in [0.1, 0.15) is 16.9 Å². The first-order chi connectivity index (χ1) is 11.7. The van der Waals surface area contributed by atoms with Crippen LogP contribution in [0, 0.1) is 11.6 Å². The van der Waals surface area contributed by atoms with Gasteiger partial charge < -0.3 is 21.7 Å². The van der Waals surface area contributed by atoms with Crippen LogP contribution in [-0.2, 0) is 0 Å². The zero-order valence-corrected chi connectivity index (χ0v) is 16.9. The molecule has 6 nitrogen and oxygen atoms in total. The highest BCUT2D eigenvalue weighted by Crippen LogP contribution is 2.23. The number of hydrogen-bond donors (Lipinski definition) is 4. The predicted molar refractivity (Wildman–Crippen MR) is 101 cm³/mol. The third kappa shape index (κ3) is 6.59. The largest absolute Gasteiger partial charge is 0.478 e. The Morgan fingerprint density at radius 1 is 0.880 bits per heavy atom. The van der Waals surface area contributed by atoms with Crippen LogP contribution in [-0.4, -0.2) is 22.2 Å². The number of anilines is 2. The van der Waals surface area contributed by atoms with E-state index >= 15 is 0 Å². The average Bonchev–Trinajstić information content (AvgIpc) is 2.53. The molecule has 0 heterocycles. The number of nitrogens with two attached hydrogens (primary N) is 2. The Balaban J connectivity index is 0.000000421. The van der Waals surface area contributed by atoms with Crippen molar-refractivity contribution in [2.45, 2.75) is 0 Å². The van der Waals surface area contributed by atoms with E-state index in [0.29, 0.717) is 0 Å². The van der Waals surface area contributed by atoms with E-state index in [1.165, 1.54) is 24.3 Å². The third-order valence-corrected chi connectivity index (χ3v) is 3.21. The molecule has 0 aliphatic heterocycles. The van der Waals surface area contributed by atoms with Crippen LogP contribution in [0.15, 0.2) is 34.8 Å². The Bertz CT molecular complexity index is 756. The minimum Gasteiger partial charge on any atom is -0.478 e. The van der Waals surface area contributed by atoms with E-state index in [2.05, 4.69) is 44.2 Å². The van der Waals surface area contributed by atoms with Crippen molar-refractivity contribution in [1.82, 2.24) is 0 Å². The molecule has 0 atom stereocenters. The minimum absolute atomic E-state index is 0.0579. The van der Waals surface area contributed by atoms with Crippen LogP contribution in [0.2, 0.25) is 0 Å². The first-order valence-electron chi connectivity index (χ1n) is 6.05. The highest BCUT2D eigenvalue weighted by molar-refractivity contribution is 9.93. The second kappa shape index (κ2) is 11.0. The first kappa shape index (κ1) is 23.3. The van der Waals surface area contributed by atoms with E-state index in [1.807, 2.05) is 0 Å². The number of benzene rings is 2. The average molecular weight is 549 g/mol. The molecule has 0 spiro atoms. The van der Waals surface area contributed by atoms with Gasteiger partial charge in [0.2, 0.25) is 0 Å². The summed E-state index contributed by atoms with van der Waals surface area (Å²) in [4.78, 5) is 20.8. The maximum atomic E-state index is 13.0. The van der Waals surface area contributed by atoms with Gasteiger partial charge in [-0.3, -0.25) is 0 Å². The normalized spacial score (nSPS) is 9.16. The molecule has 0 amide bonds. The number of nitrogen functional groups attached to an aromatic ring is 2. The van der Waals surface area contributed by atoms with E-state index in [0.717, 1.165) is 6.07 Å². The molecule has 6 N–H and O–H groups in total. The fraction of sp³-hybridized carbons (Fsp3) is 0. The SMILES string of the molecule is BrBr.Nc1ccc(Br)c(F)c1C(=O)O.Nc1cccc(F)c1C(=O)O. The molecule has 2 aromatic carbocycles. The topological polar surface area (TPSA) is 127 Å². The van der Waals surface area contributed by atoms with Crippen molar-refractivity contribution in [3.8, 4) is 0 Å². The van der Waals surface area contributed by atoms with Crippen LogP contribution in [0.3, 0.4) is 0 Å². The second-order valence-electron chi connectivity index (χ2n) is 4.14. The van der Waals surface area contributed by atoms with E-state index in [-0.39, 0.29) is 15.8 Å². The van der Waals surface area contributed by atoms with Crippen molar-refractivity contribution in [3.63, 3.8) is 0 Å². The number of hydrogen-bond acceptors (Lipinski definition) is 4. The molecule has 0 saturated heterocycles. The number of carboxylic acids is 2. The van der Waals surface area contributed by atoms with E-state index in [4.69, 9.17) is 21.7 Å². The summed E-state index contributed by atoms with van der Waals surface area (Å²) in [5, 5.41) is 17.0. The third-order valence-electron chi connectivity index (χ3n) is 2.60. The molecule has 25 heavy (non-hydrogen) atoms. The predicted octanol–water partition coefficient (Wildman–Crippen LogP) is 4.67. The van der Waals surface area contributed by atoms with Gasteiger partial charge in [0.15, 0.2) is 5.82 Å². The summed E-state index contributed by atoms with van der Waals surface area (Å²) in [6.07, 6.45) is 0. The van der Waals surface area contributed by atoms with Crippen molar-refractivity contribution in [3.05, 3.63) is 57.6 Å². The van der Waals surface area contributed by atoms with Crippen molar-refractivity contribution in [2.75, 3.05) is 11.5 Å². The molecule has 136 valence electrons. The molecule has 0 aromatic heterocycles. The molecule has 0 bridgehead atoms. The lowest BCUT2D eigenvalue weighted by molar-refractivity contribution is 0.0681. The maximum absolute atomic E-state index is 13.0. The van der Waals surface area contributed by atoms with Crippen molar-refractivity contribution < 1.29 is 28.6 Å². The molecular weight excluding hydrogens is 538 g/mol. The molecule has 0 radical (unpaired) electrons. The van der Waals surface area contributed by atoms with Crippen LogP contribution >= 0.6 is 44.2 Å². The Hall–Kier alpha value is -1.72. The number of rotatable bonds is 2. The Labute approximate surface area is 164 Å². The van der Waals surface area contributed by atoms with Crippen LogP contribution in [0.4, 0.5) is 20.2 Å². The maximum Gasteiger partial charge on any atom is 0.340 e. The van der Waals surface area contributed by atoms with E-state index in [9.17, 15) is 18.4 Å². The van der Waals surface area contributed by atoms with Crippen LogP contribution in [0.25, 0.3) is 0 Å². The van der Waals surface area contributed by atoms with Gasteiger partial charge in [-0.1, -0.05) is 6.07 Å². The zero-order valence-electron chi connectivity index (χ0n) is 12.1. The van der Waals surface area contributed by atoms with Gasteiger partial charge in [-0.2, -0.15) is 0 Å². The smallest absolute Gasteiger partial charge is 0.340 e. The molecule has 0 unspecified atom stereocenters. The zero-order chi connectivity index (χ0) is 19.7. The van der Waals surface area contributed by atoms with E-state index in [1.54, 1.807) is 0 Å². The quantitative estimate of drug-likeness (QED) is 0.404. The summed E-state index contributed by atoms with van der Waals surface area (Å²) in [6.45, 7) is 0. The van der Waals surface area contributed by atoms with Gasteiger partial charge in [-0.15, -0.1) is 0 Å². The number of carboxylic acid groups (broad SMARTS) is 2. The van der Waals surface area contributed by atoms with Gasteiger partial charge in [-0.05, 0) is 40.2 Å². The van der Waals surface area contributed by atoms with Crippen molar-refractivity contribution in [2.24, 2.45) is 0 Å². The molecule has 2 rings (SSSR count). The number of halogens is 5. The molecule has 0 aliphatic carbocycles.